The number of nitrogens with two attached hydrogens (primary N) is 1. The molecule has 0 spiro atoms. The van der Waals surface area contributed by atoms with Crippen molar-refractivity contribution < 1.29 is 8.42 Å². The molecule has 0 unspecified atom stereocenters. The van der Waals surface area contributed by atoms with Crippen molar-refractivity contribution >= 4 is 27.5 Å². The van der Waals surface area contributed by atoms with E-state index in [2.05, 4.69) is 4.83 Å². The molecule has 1 aromatic rings. The minimum absolute atomic E-state index is 0.0997. The fourth-order valence-electron chi connectivity index (χ4n) is 2.10. The van der Waals surface area contributed by atoms with Crippen LogP contribution in [0.2, 0.25) is 0 Å². The van der Waals surface area contributed by atoms with Gasteiger partial charge in [0, 0.05) is 29.4 Å². The van der Waals surface area contributed by atoms with Gasteiger partial charge in [0.25, 0.3) is 0 Å². The van der Waals surface area contributed by atoms with Crippen molar-refractivity contribution in [3.05, 3.63) is 24.3 Å². The summed E-state index contributed by atoms with van der Waals surface area (Å²) < 4.78 is 24.0. The summed E-state index contributed by atoms with van der Waals surface area (Å²) in [5.74, 6) is 0.597. The number of nitrogen functional groups attached to an aromatic ring is 1. The van der Waals surface area contributed by atoms with Gasteiger partial charge in [-0.2, -0.15) is 0 Å². The number of hydrogen-bond donors (Lipinski definition) is 2. The zero-order chi connectivity index (χ0) is 14.4. The van der Waals surface area contributed by atoms with Crippen molar-refractivity contribution in [2.75, 3.05) is 30.3 Å². The van der Waals surface area contributed by atoms with Crippen molar-refractivity contribution in [2.24, 2.45) is 0 Å². The van der Waals surface area contributed by atoms with Gasteiger partial charge in [-0.25, -0.2) is 13.4 Å². The maximum absolute atomic E-state index is 12.0. The van der Waals surface area contributed by atoms with Crippen molar-refractivity contribution in [3.63, 3.8) is 0 Å². The third-order valence-corrected chi connectivity index (χ3v) is 5.78. The lowest BCUT2D eigenvalue weighted by Crippen LogP contribution is -2.46. The van der Waals surface area contributed by atoms with Gasteiger partial charge >= 0.3 is 0 Å². The molecule has 1 aromatic carbocycles. The summed E-state index contributed by atoms with van der Waals surface area (Å²) in [5, 5.41) is 1.81. The number of anilines is 1. The Morgan fingerprint density at radius 3 is 2.60 bits per heavy atom. The molecule has 2 rings (SSSR count). The molecule has 3 N–H and O–H groups in total. The molecule has 0 saturated carbocycles. The van der Waals surface area contributed by atoms with Crippen molar-refractivity contribution in [1.82, 2.24) is 9.84 Å². The number of piperidine rings is 1. The van der Waals surface area contributed by atoms with Gasteiger partial charge in [0.2, 0.25) is 10.0 Å². The zero-order valence-corrected chi connectivity index (χ0v) is 13.0. The quantitative estimate of drug-likeness (QED) is 0.617. The lowest BCUT2D eigenvalue weighted by molar-refractivity contribution is 0.200. The molecule has 1 saturated heterocycles. The first-order valence-corrected chi connectivity index (χ1v) is 9.43. The Balaban J connectivity index is 1.79. The second kappa shape index (κ2) is 7.31. The minimum Gasteiger partial charge on any atom is -0.398 e. The second-order valence-electron chi connectivity index (χ2n) is 4.84. The summed E-state index contributed by atoms with van der Waals surface area (Å²) in [7, 11) is -3.25. The Bertz CT molecular complexity index is 528. The van der Waals surface area contributed by atoms with Crippen LogP contribution in [-0.4, -0.2) is 38.0 Å². The number of nitrogens with zero attached hydrogens (tertiary/aromatic N) is 1. The van der Waals surface area contributed by atoms with Crippen LogP contribution in [0.3, 0.4) is 0 Å². The largest absolute Gasteiger partial charge is 0.398 e. The maximum atomic E-state index is 12.0. The molecule has 0 amide bonds. The molecule has 0 atom stereocenters. The van der Waals surface area contributed by atoms with E-state index in [-0.39, 0.29) is 5.75 Å². The van der Waals surface area contributed by atoms with Crippen LogP contribution in [0.5, 0.6) is 0 Å². The molecule has 5 nitrogen and oxygen atoms in total. The number of para-hydroxylation sites is 1. The fraction of sp³-hybridized carbons (Fsp3) is 0.538. The van der Waals surface area contributed by atoms with Crippen LogP contribution in [-0.2, 0) is 10.0 Å². The standard InChI is InChI=1S/C13H21N3O2S2/c14-12-6-2-3-7-13(12)19-10-11-20(17,18)15-16-8-4-1-5-9-16/h2-3,6-7,15H,1,4-5,8-11,14H2. The summed E-state index contributed by atoms with van der Waals surface area (Å²) in [6, 6.07) is 7.50. The van der Waals surface area contributed by atoms with E-state index in [1.165, 1.54) is 18.2 Å². The third-order valence-electron chi connectivity index (χ3n) is 3.15. The number of nitrogens with one attached hydrogen (secondary N) is 1. The first kappa shape index (κ1) is 15.6. The highest BCUT2D eigenvalue weighted by molar-refractivity contribution is 8.00. The lowest BCUT2D eigenvalue weighted by atomic mass is 10.2. The SMILES string of the molecule is Nc1ccccc1SCCS(=O)(=O)NN1CCCCC1. The van der Waals surface area contributed by atoms with Crippen LogP contribution in [0.15, 0.2) is 29.2 Å². The van der Waals surface area contributed by atoms with Gasteiger partial charge in [-0.3, -0.25) is 0 Å². The van der Waals surface area contributed by atoms with Gasteiger partial charge in [-0.1, -0.05) is 18.6 Å². The number of benzene rings is 1. The molecule has 1 heterocycles. The lowest BCUT2D eigenvalue weighted by Gasteiger charge is -2.26. The highest BCUT2D eigenvalue weighted by Gasteiger charge is 2.17. The predicted molar refractivity (Wildman–Crippen MR) is 83.9 cm³/mol. The summed E-state index contributed by atoms with van der Waals surface area (Å²) in [6.07, 6.45) is 3.29. The van der Waals surface area contributed by atoms with Crippen LogP contribution in [0.1, 0.15) is 19.3 Å². The Hall–Kier alpha value is -0.760. The monoisotopic (exact) mass is 315 g/mol. The smallest absolute Gasteiger partial charge is 0.225 e. The van der Waals surface area contributed by atoms with Gasteiger partial charge in [-0.15, -0.1) is 16.6 Å². The highest BCUT2D eigenvalue weighted by Crippen LogP contribution is 2.24. The summed E-state index contributed by atoms with van der Waals surface area (Å²) in [6.45, 7) is 1.61. The average Bonchev–Trinajstić information content (AvgIpc) is 2.41. The Morgan fingerprint density at radius 2 is 1.90 bits per heavy atom. The van der Waals surface area contributed by atoms with Gasteiger partial charge in [0.15, 0.2) is 0 Å². The zero-order valence-electron chi connectivity index (χ0n) is 11.4. The van der Waals surface area contributed by atoms with Crippen LogP contribution < -0.4 is 10.6 Å². The van der Waals surface area contributed by atoms with Crippen LogP contribution >= 0.6 is 11.8 Å². The Kier molecular flexibility index (Phi) is 5.71. The fourth-order valence-corrected chi connectivity index (χ4v) is 4.61. The van der Waals surface area contributed by atoms with Crippen molar-refractivity contribution in [1.29, 1.82) is 0 Å². The third kappa shape index (κ3) is 4.97. The molecule has 1 aliphatic rings. The van der Waals surface area contributed by atoms with E-state index in [1.807, 2.05) is 24.3 Å². The molecular formula is C13H21N3O2S2. The van der Waals surface area contributed by atoms with Gasteiger partial charge in [-0.05, 0) is 25.0 Å². The molecule has 0 aliphatic carbocycles. The van der Waals surface area contributed by atoms with E-state index in [9.17, 15) is 8.42 Å². The van der Waals surface area contributed by atoms with Gasteiger partial charge in [0.05, 0.1) is 5.75 Å². The van der Waals surface area contributed by atoms with E-state index in [0.29, 0.717) is 11.4 Å². The topological polar surface area (TPSA) is 75.4 Å². The molecule has 0 radical (unpaired) electrons. The second-order valence-corrected chi connectivity index (χ2v) is 7.80. The average molecular weight is 315 g/mol. The van der Waals surface area contributed by atoms with E-state index < -0.39 is 10.0 Å². The summed E-state index contributed by atoms with van der Waals surface area (Å²) in [5.41, 5.74) is 6.52. The van der Waals surface area contributed by atoms with Gasteiger partial charge < -0.3 is 5.73 Å². The first-order valence-electron chi connectivity index (χ1n) is 6.79. The van der Waals surface area contributed by atoms with E-state index >= 15 is 0 Å². The number of hydrogen-bond acceptors (Lipinski definition) is 5. The number of sulfonamides is 1. The molecule has 20 heavy (non-hydrogen) atoms. The summed E-state index contributed by atoms with van der Waals surface area (Å²) in [4.78, 5) is 3.59. The molecule has 0 bridgehead atoms. The first-order chi connectivity index (χ1) is 9.57. The molecule has 1 aliphatic heterocycles. The Labute approximate surface area is 124 Å². The van der Waals surface area contributed by atoms with Gasteiger partial charge in [0.1, 0.15) is 0 Å². The number of hydrazine groups is 1. The van der Waals surface area contributed by atoms with Crippen LogP contribution in [0.4, 0.5) is 5.69 Å². The number of thioether (sulfide) groups is 1. The van der Waals surface area contributed by atoms with Crippen molar-refractivity contribution in [3.8, 4) is 0 Å². The molecule has 1 fully saturated rings. The van der Waals surface area contributed by atoms with E-state index in [4.69, 9.17) is 5.73 Å². The predicted octanol–water partition coefficient (Wildman–Crippen LogP) is 1.68. The Morgan fingerprint density at radius 1 is 1.20 bits per heavy atom. The summed E-state index contributed by atoms with van der Waals surface area (Å²) >= 11 is 1.47. The van der Waals surface area contributed by atoms with Crippen LogP contribution in [0.25, 0.3) is 0 Å². The van der Waals surface area contributed by atoms with Crippen molar-refractivity contribution in [2.45, 2.75) is 24.2 Å². The maximum Gasteiger partial charge on any atom is 0.225 e. The normalized spacial score (nSPS) is 17.2. The van der Waals surface area contributed by atoms with E-state index in [0.717, 1.165) is 30.8 Å². The molecular weight excluding hydrogens is 294 g/mol. The molecule has 112 valence electrons. The minimum atomic E-state index is -3.25. The number of rotatable bonds is 6. The van der Waals surface area contributed by atoms with E-state index in [1.54, 1.807) is 5.01 Å². The molecule has 0 aromatic heterocycles. The van der Waals surface area contributed by atoms with Crippen LogP contribution in [0, 0.1) is 0 Å². The highest BCUT2D eigenvalue weighted by atomic mass is 32.2. The molecule has 7 heteroatoms.